The van der Waals surface area contributed by atoms with Gasteiger partial charge < -0.3 is 5.32 Å². The van der Waals surface area contributed by atoms with Crippen LogP contribution < -0.4 is 5.32 Å². The molecule has 0 aromatic carbocycles. The quantitative estimate of drug-likeness (QED) is 0.760. The lowest BCUT2D eigenvalue weighted by Gasteiger charge is -2.24. The number of hydrogen-bond acceptors (Lipinski definition) is 1. The Bertz CT molecular complexity index is 195. The molecule has 15 heavy (non-hydrogen) atoms. The van der Waals surface area contributed by atoms with E-state index >= 15 is 0 Å². The third-order valence-corrected chi connectivity index (χ3v) is 3.62. The Balaban J connectivity index is 2.22. The molecule has 1 N–H and O–H groups in total. The summed E-state index contributed by atoms with van der Waals surface area (Å²) < 4.78 is 0. The molecule has 1 amide bonds. The molecule has 1 aliphatic carbocycles. The molecule has 0 saturated heterocycles. The average molecular weight is 211 g/mol. The second kappa shape index (κ2) is 6.14. The van der Waals surface area contributed by atoms with Crippen LogP contribution in [-0.2, 0) is 4.79 Å². The lowest BCUT2D eigenvalue weighted by atomic mass is 9.92. The van der Waals surface area contributed by atoms with Gasteiger partial charge in [-0.1, -0.05) is 40.0 Å². The van der Waals surface area contributed by atoms with E-state index in [1.54, 1.807) is 0 Å². The maximum atomic E-state index is 11.7. The number of carbonyl (C=O) groups is 1. The Kier molecular flexibility index (Phi) is 5.13. The van der Waals surface area contributed by atoms with Crippen LogP contribution in [0.15, 0.2) is 0 Å². The molecule has 1 fully saturated rings. The Hall–Kier alpha value is -0.530. The van der Waals surface area contributed by atoms with Gasteiger partial charge in [0.1, 0.15) is 0 Å². The number of rotatable bonds is 4. The van der Waals surface area contributed by atoms with E-state index in [1.807, 2.05) is 0 Å². The molecule has 0 radical (unpaired) electrons. The van der Waals surface area contributed by atoms with Crippen molar-refractivity contribution >= 4 is 5.91 Å². The topological polar surface area (TPSA) is 29.1 Å². The Morgan fingerprint density at radius 1 is 1.20 bits per heavy atom. The molecule has 0 spiro atoms. The van der Waals surface area contributed by atoms with E-state index in [1.165, 1.54) is 32.1 Å². The highest BCUT2D eigenvalue weighted by molar-refractivity contribution is 5.76. The van der Waals surface area contributed by atoms with Crippen LogP contribution in [0.3, 0.4) is 0 Å². The Morgan fingerprint density at radius 2 is 1.80 bits per heavy atom. The smallest absolute Gasteiger partial charge is 0.220 e. The minimum Gasteiger partial charge on any atom is -0.353 e. The average Bonchev–Trinajstić information content (AvgIpc) is 2.18. The largest absolute Gasteiger partial charge is 0.353 e. The summed E-state index contributed by atoms with van der Waals surface area (Å²) >= 11 is 0. The van der Waals surface area contributed by atoms with Crippen LogP contribution in [-0.4, -0.2) is 11.9 Å². The minimum absolute atomic E-state index is 0.253. The zero-order valence-corrected chi connectivity index (χ0v) is 10.4. The fourth-order valence-corrected chi connectivity index (χ4v) is 2.06. The zero-order chi connectivity index (χ0) is 11.3. The molecule has 0 bridgehead atoms. The van der Waals surface area contributed by atoms with E-state index in [2.05, 4.69) is 26.1 Å². The minimum atomic E-state index is 0.253. The molecule has 0 aromatic rings. The number of nitrogens with one attached hydrogen (secondary N) is 1. The third-order valence-electron chi connectivity index (χ3n) is 3.62. The van der Waals surface area contributed by atoms with Crippen molar-refractivity contribution in [2.24, 2.45) is 11.8 Å². The highest BCUT2D eigenvalue weighted by Gasteiger charge is 2.18. The van der Waals surface area contributed by atoms with Crippen molar-refractivity contribution in [1.82, 2.24) is 5.32 Å². The van der Waals surface area contributed by atoms with Gasteiger partial charge >= 0.3 is 0 Å². The van der Waals surface area contributed by atoms with Crippen LogP contribution in [0.25, 0.3) is 0 Å². The highest BCUT2D eigenvalue weighted by atomic mass is 16.1. The van der Waals surface area contributed by atoms with Crippen molar-refractivity contribution in [2.45, 2.75) is 65.3 Å². The van der Waals surface area contributed by atoms with Crippen molar-refractivity contribution in [3.8, 4) is 0 Å². The van der Waals surface area contributed by atoms with Gasteiger partial charge in [-0.2, -0.15) is 0 Å². The molecule has 0 aromatic heterocycles. The van der Waals surface area contributed by atoms with Crippen LogP contribution in [0.2, 0.25) is 0 Å². The van der Waals surface area contributed by atoms with Crippen LogP contribution in [0.1, 0.15) is 59.3 Å². The van der Waals surface area contributed by atoms with Gasteiger partial charge in [0.05, 0.1) is 0 Å². The van der Waals surface area contributed by atoms with E-state index in [0.717, 1.165) is 0 Å². The maximum Gasteiger partial charge on any atom is 0.220 e. The van der Waals surface area contributed by atoms with Crippen molar-refractivity contribution < 1.29 is 4.79 Å². The summed E-state index contributed by atoms with van der Waals surface area (Å²) in [5.41, 5.74) is 0. The van der Waals surface area contributed by atoms with E-state index in [4.69, 9.17) is 0 Å². The lowest BCUT2D eigenvalue weighted by molar-refractivity contribution is -0.123. The van der Waals surface area contributed by atoms with Gasteiger partial charge in [0.2, 0.25) is 5.91 Å². The Labute approximate surface area is 93.8 Å². The van der Waals surface area contributed by atoms with Crippen LogP contribution in [0, 0.1) is 11.8 Å². The summed E-state index contributed by atoms with van der Waals surface area (Å²) in [6, 6.07) is 0.464. The summed E-state index contributed by atoms with van der Waals surface area (Å²) in [5, 5.41) is 3.17. The van der Waals surface area contributed by atoms with Crippen molar-refractivity contribution in [3.63, 3.8) is 0 Å². The first-order valence-electron chi connectivity index (χ1n) is 6.39. The SMILES string of the molecule is CC(C)C(C)CC(=O)NC1CCCCC1. The van der Waals surface area contributed by atoms with Gasteiger partial charge in [-0.3, -0.25) is 4.79 Å². The van der Waals surface area contributed by atoms with E-state index < -0.39 is 0 Å². The first kappa shape index (κ1) is 12.5. The fourth-order valence-electron chi connectivity index (χ4n) is 2.06. The van der Waals surface area contributed by atoms with Crippen LogP contribution in [0.5, 0.6) is 0 Å². The molecule has 1 rings (SSSR count). The summed E-state index contributed by atoms with van der Waals surface area (Å²) in [4.78, 5) is 11.7. The molecule has 1 saturated carbocycles. The number of hydrogen-bond donors (Lipinski definition) is 1. The van der Waals surface area contributed by atoms with Gasteiger partial charge in [0, 0.05) is 12.5 Å². The standard InChI is InChI=1S/C13H25NO/c1-10(2)11(3)9-13(15)14-12-7-5-4-6-8-12/h10-12H,4-9H2,1-3H3,(H,14,15). The first-order chi connectivity index (χ1) is 7.09. The van der Waals surface area contributed by atoms with Gasteiger partial charge in [-0.05, 0) is 24.7 Å². The maximum absolute atomic E-state index is 11.7. The molecular formula is C13H25NO. The van der Waals surface area contributed by atoms with Crippen molar-refractivity contribution in [3.05, 3.63) is 0 Å². The molecule has 1 unspecified atom stereocenters. The van der Waals surface area contributed by atoms with Gasteiger partial charge in [0.25, 0.3) is 0 Å². The molecule has 2 heteroatoms. The summed E-state index contributed by atoms with van der Waals surface area (Å²) in [6.07, 6.45) is 6.96. The molecule has 1 atom stereocenters. The molecule has 88 valence electrons. The second-order valence-electron chi connectivity index (χ2n) is 5.33. The summed E-state index contributed by atoms with van der Waals surface area (Å²) in [6.45, 7) is 6.52. The predicted molar refractivity (Wildman–Crippen MR) is 63.6 cm³/mol. The summed E-state index contributed by atoms with van der Waals surface area (Å²) in [5.74, 6) is 1.35. The number of amides is 1. The molecule has 0 aliphatic heterocycles. The van der Waals surface area contributed by atoms with Crippen LogP contribution in [0.4, 0.5) is 0 Å². The zero-order valence-electron chi connectivity index (χ0n) is 10.4. The third kappa shape index (κ3) is 4.67. The Morgan fingerprint density at radius 3 is 2.33 bits per heavy atom. The van der Waals surface area contributed by atoms with E-state index in [0.29, 0.717) is 24.3 Å². The predicted octanol–water partition coefficient (Wildman–Crippen LogP) is 3.12. The van der Waals surface area contributed by atoms with Gasteiger partial charge in [-0.25, -0.2) is 0 Å². The monoisotopic (exact) mass is 211 g/mol. The first-order valence-corrected chi connectivity index (χ1v) is 6.39. The highest BCUT2D eigenvalue weighted by Crippen LogP contribution is 2.18. The van der Waals surface area contributed by atoms with Crippen molar-refractivity contribution in [2.75, 3.05) is 0 Å². The summed E-state index contributed by atoms with van der Waals surface area (Å²) in [7, 11) is 0. The molecular weight excluding hydrogens is 186 g/mol. The second-order valence-corrected chi connectivity index (χ2v) is 5.33. The van der Waals surface area contributed by atoms with Gasteiger partial charge in [-0.15, -0.1) is 0 Å². The van der Waals surface area contributed by atoms with Crippen molar-refractivity contribution in [1.29, 1.82) is 0 Å². The lowest BCUT2D eigenvalue weighted by Crippen LogP contribution is -2.37. The molecule has 2 nitrogen and oxygen atoms in total. The normalized spacial score (nSPS) is 20.3. The van der Waals surface area contributed by atoms with E-state index in [9.17, 15) is 4.79 Å². The van der Waals surface area contributed by atoms with Gasteiger partial charge in [0.15, 0.2) is 0 Å². The fraction of sp³-hybridized carbons (Fsp3) is 0.923. The molecule has 1 aliphatic rings. The van der Waals surface area contributed by atoms with E-state index in [-0.39, 0.29) is 5.91 Å². The molecule has 0 heterocycles. The number of carbonyl (C=O) groups excluding carboxylic acids is 1. The van der Waals surface area contributed by atoms with Crippen LogP contribution >= 0.6 is 0 Å².